The smallest absolute Gasteiger partial charge is 0.286 e. The first-order chi connectivity index (χ1) is 16.0. The summed E-state index contributed by atoms with van der Waals surface area (Å²) in [7, 11) is 0. The number of para-hydroxylation sites is 1. The van der Waals surface area contributed by atoms with E-state index in [1.807, 2.05) is 11.0 Å². The number of hydrogen-bond donors (Lipinski definition) is 2. The number of amides is 2. The Bertz CT molecular complexity index is 1130. The van der Waals surface area contributed by atoms with Crippen molar-refractivity contribution in [2.24, 2.45) is 0 Å². The average molecular weight is 469 g/mol. The molecule has 0 saturated carbocycles. The lowest BCUT2D eigenvalue weighted by Crippen LogP contribution is -2.48. The second kappa shape index (κ2) is 10.5. The average Bonchev–Trinajstić information content (AvgIpc) is 3.26. The molecule has 0 radical (unpaired) electrons. The number of aryl methyl sites for hydroxylation is 1. The van der Waals surface area contributed by atoms with E-state index >= 15 is 0 Å². The van der Waals surface area contributed by atoms with Crippen LogP contribution in [-0.2, 0) is 0 Å². The SMILES string of the molecule is Cc1nnc(C(=O)Nc2cccc(C(=O)NCCN3CCN(c4ccccc4F)CC3)c2)s1. The maximum atomic E-state index is 14.0. The van der Waals surface area contributed by atoms with Crippen molar-refractivity contribution in [2.45, 2.75) is 6.92 Å². The molecule has 33 heavy (non-hydrogen) atoms. The minimum absolute atomic E-state index is 0.199. The molecule has 4 rings (SSSR count). The quantitative estimate of drug-likeness (QED) is 0.554. The minimum atomic E-state index is -0.354. The van der Waals surface area contributed by atoms with Gasteiger partial charge in [0.05, 0.1) is 5.69 Å². The van der Waals surface area contributed by atoms with Crippen molar-refractivity contribution < 1.29 is 14.0 Å². The summed E-state index contributed by atoms with van der Waals surface area (Å²) in [6.07, 6.45) is 0. The Morgan fingerprint density at radius 3 is 2.55 bits per heavy atom. The molecule has 0 atom stereocenters. The molecule has 10 heteroatoms. The van der Waals surface area contributed by atoms with Crippen molar-refractivity contribution in [1.82, 2.24) is 20.4 Å². The van der Waals surface area contributed by atoms with Crippen molar-refractivity contribution in [1.29, 1.82) is 0 Å². The Balaban J connectivity index is 1.23. The molecule has 2 heterocycles. The maximum Gasteiger partial charge on any atom is 0.286 e. The summed E-state index contributed by atoms with van der Waals surface area (Å²) in [4.78, 5) is 29.1. The lowest BCUT2D eigenvalue weighted by Gasteiger charge is -2.36. The second-order valence-corrected chi connectivity index (χ2v) is 8.88. The fourth-order valence-corrected chi connectivity index (χ4v) is 4.25. The molecule has 1 aliphatic heterocycles. The lowest BCUT2D eigenvalue weighted by molar-refractivity contribution is 0.0946. The van der Waals surface area contributed by atoms with Crippen LogP contribution in [0.25, 0.3) is 0 Å². The minimum Gasteiger partial charge on any atom is -0.367 e. The van der Waals surface area contributed by atoms with Crippen molar-refractivity contribution in [3.63, 3.8) is 0 Å². The highest BCUT2D eigenvalue weighted by atomic mass is 32.1. The van der Waals surface area contributed by atoms with Crippen LogP contribution >= 0.6 is 11.3 Å². The Kier molecular flexibility index (Phi) is 7.26. The van der Waals surface area contributed by atoms with Gasteiger partial charge in [-0.15, -0.1) is 10.2 Å². The fraction of sp³-hybridized carbons (Fsp3) is 0.304. The summed E-state index contributed by atoms with van der Waals surface area (Å²) in [6, 6.07) is 13.6. The van der Waals surface area contributed by atoms with Crippen LogP contribution in [-0.4, -0.2) is 66.2 Å². The third kappa shape index (κ3) is 5.91. The van der Waals surface area contributed by atoms with Crippen LogP contribution in [0.2, 0.25) is 0 Å². The Morgan fingerprint density at radius 1 is 1.03 bits per heavy atom. The van der Waals surface area contributed by atoms with Crippen molar-refractivity contribution in [3.8, 4) is 0 Å². The van der Waals surface area contributed by atoms with Gasteiger partial charge in [0.15, 0.2) is 0 Å². The van der Waals surface area contributed by atoms with E-state index in [1.54, 1.807) is 43.3 Å². The number of nitrogens with one attached hydrogen (secondary N) is 2. The van der Waals surface area contributed by atoms with Gasteiger partial charge in [-0.05, 0) is 37.3 Å². The highest BCUT2D eigenvalue weighted by Gasteiger charge is 2.19. The number of hydrogen-bond acceptors (Lipinski definition) is 7. The van der Waals surface area contributed by atoms with E-state index in [0.29, 0.717) is 35.0 Å². The van der Waals surface area contributed by atoms with Crippen LogP contribution in [0.15, 0.2) is 48.5 Å². The molecule has 1 aromatic heterocycles. The van der Waals surface area contributed by atoms with Gasteiger partial charge in [0.25, 0.3) is 11.8 Å². The van der Waals surface area contributed by atoms with E-state index in [-0.39, 0.29) is 22.6 Å². The van der Waals surface area contributed by atoms with Crippen LogP contribution < -0.4 is 15.5 Å². The number of aromatic nitrogens is 2. The summed E-state index contributed by atoms with van der Waals surface area (Å²) in [6.45, 7) is 6.08. The molecule has 3 aromatic rings. The molecule has 8 nitrogen and oxygen atoms in total. The third-order valence-electron chi connectivity index (χ3n) is 5.38. The summed E-state index contributed by atoms with van der Waals surface area (Å²) >= 11 is 1.21. The van der Waals surface area contributed by atoms with E-state index in [9.17, 15) is 14.0 Å². The molecular weight excluding hydrogens is 443 g/mol. The number of halogens is 1. The normalized spacial score (nSPS) is 14.2. The molecule has 0 spiro atoms. The van der Waals surface area contributed by atoms with Crippen LogP contribution in [0.1, 0.15) is 25.2 Å². The van der Waals surface area contributed by atoms with Crippen molar-refractivity contribution >= 4 is 34.5 Å². The topological polar surface area (TPSA) is 90.5 Å². The van der Waals surface area contributed by atoms with E-state index < -0.39 is 0 Å². The van der Waals surface area contributed by atoms with Crippen LogP contribution in [0.5, 0.6) is 0 Å². The monoisotopic (exact) mass is 468 g/mol. The number of nitrogens with zero attached hydrogens (tertiary/aromatic N) is 4. The number of benzene rings is 2. The first-order valence-corrected chi connectivity index (χ1v) is 11.5. The van der Waals surface area contributed by atoms with Crippen molar-refractivity contribution in [3.05, 3.63) is 69.9 Å². The van der Waals surface area contributed by atoms with E-state index in [2.05, 4.69) is 25.7 Å². The number of rotatable bonds is 7. The van der Waals surface area contributed by atoms with E-state index in [0.717, 1.165) is 26.2 Å². The molecule has 1 fully saturated rings. The van der Waals surface area contributed by atoms with Gasteiger partial charge < -0.3 is 15.5 Å². The Labute approximate surface area is 195 Å². The van der Waals surface area contributed by atoms with Crippen molar-refractivity contribution in [2.75, 3.05) is 49.5 Å². The van der Waals surface area contributed by atoms with Crippen LogP contribution in [0, 0.1) is 12.7 Å². The standard InChI is InChI=1S/C23H25FN6O2S/c1-16-27-28-23(33-16)22(32)26-18-6-4-5-17(15-18)21(31)25-9-10-29-11-13-30(14-12-29)20-8-3-2-7-19(20)24/h2-8,15H,9-14H2,1H3,(H,25,31)(H,26,32). The van der Waals surface area contributed by atoms with Gasteiger partial charge in [-0.1, -0.05) is 29.5 Å². The van der Waals surface area contributed by atoms with Crippen LogP contribution in [0.3, 0.4) is 0 Å². The van der Waals surface area contributed by atoms with Gasteiger partial charge in [-0.3, -0.25) is 14.5 Å². The van der Waals surface area contributed by atoms with E-state index in [4.69, 9.17) is 0 Å². The molecule has 2 N–H and O–H groups in total. The van der Waals surface area contributed by atoms with Gasteiger partial charge in [0.2, 0.25) is 5.01 Å². The summed E-state index contributed by atoms with van der Waals surface area (Å²) < 4.78 is 14.0. The van der Waals surface area contributed by atoms with Gasteiger partial charge in [0.1, 0.15) is 10.8 Å². The lowest BCUT2D eigenvalue weighted by atomic mass is 10.2. The number of anilines is 2. The maximum absolute atomic E-state index is 14.0. The number of piperazine rings is 1. The molecule has 2 aromatic carbocycles. The zero-order chi connectivity index (χ0) is 23.2. The highest BCUT2D eigenvalue weighted by molar-refractivity contribution is 7.13. The van der Waals surface area contributed by atoms with Gasteiger partial charge >= 0.3 is 0 Å². The molecular formula is C23H25FN6O2S. The molecule has 0 bridgehead atoms. The highest BCUT2D eigenvalue weighted by Crippen LogP contribution is 2.20. The molecule has 172 valence electrons. The zero-order valence-electron chi connectivity index (χ0n) is 18.3. The predicted molar refractivity (Wildman–Crippen MR) is 126 cm³/mol. The van der Waals surface area contributed by atoms with Gasteiger partial charge in [-0.25, -0.2) is 4.39 Å². The first-order valence-electron chi connectivity index (χ1n) is 10.7. The molecule has 1 saturated heterocycles. The molecule has 0 unspecified atom stereocenters. The summed E-state index contributed by atoms with van der Waals surface area (Å²) in [5.41, 5.74) is 1.62. The first kappa shape index (κ1) is 22.8. The number of carbonyl (C=O) groups is 2. The van der Waals surface area contributed by atoms with Gasteiger partial charge in [-0.2, -0.15) is 0 Å². The molecule has 0 aliphatic carbocycles. The Morgan fingerprint density at radius 2 is 1.82 bits per heavy atom. The molecule has 1 aliphatic rings. The summed E-state index contributed by atoms with van der Waals surface area (Å²) in [5, 5.41) is 14.3. The van der Waals surface area contributed by atoms with E-state index in [1.165, 1.54) is 17.4 Å². The zero-order valence-corrected chi connectivity index (χ0v) is 19.1. The second-order valence-electron chi connectivity index (χ2n) is 7.70. The largest absolute Gasteiger partial charge is 0.367 e. The fourth-order valence-electron chi connectivity index (χ4n) is 3.66. The van der Waals surface area contributed by atoms with Crippen LogP contribution in [0.4, 0.5) is 15.8 Å². The predicted octanol–water partition coefficient (Wildman–Crippen LogP) is 2.79. The Hall–Kier alpha value is -3.37. The van der Waals surface area contributed by atoms with Gasteiger partial charge in [0, 0.05) is 50.5 Å². The third-order valence-corrected chi connectivity index (χ3v) is 6.22. The number of carbonyl (C=O) groups excluding carboxylic acids is 2. The summed E-state index contributed by atoms with van der Waals surface area (Å²) in [5.74, 6) is -0.759. The molecule has 2 amide bonds.